The quantitative estimate of drug-likeness (QED) is 0.577. The summed E-state index contributed by atoms with van der Waals surface area (Å²) in [6, 6.07) is 6.03. The Morgan fingerprint density at radius 2 is 2.03 bits per heavy atom. The highest BCUT2D eigenvalue weighted by Crippen LogP contribution is 2.27. The lowest BCUT2D eigenvalue weighted by molar-refractivity contribution is -0.0334. The van der Waals surface area contributed by atoms with Crippen LogP contribution in [0.3, 0.4) is 0 Å². The monoisotopic (exact) mass is 428 g/mol. The lowest BCUT2D eigenvalue weighted by Crippen LogP contribution is -2.50. The molecule has 0 atom stereocenters. The molecule has 1 aromatic carbocycles. The Kier molecular flexibility index (Phi) is 5.87. The maximum atomic E-state index is 11.4. The Hall–Kier alpha value is -3.44. The van der Waals surface area contributed by atoms with Crippen molar-refractivity contribution in [1.82, 2.24) is 24.6 Å². The summed E-state index contributed by atoms with van der Waals surface area (Å²) in [4.78, 5) is 21.8. The third kappa shape index (κ3) is 4.37. The number of ether oxygens (including phenoxy) is 3. The van der Waals surface area contributed by atoms with Crippen molar-refractivity contribution in [3.8, 4) is 11.6 Å². The number of methoxy groups -OCH3 is 3. The summed E-state index contributed by atoms with van der Waals surface area (Å²) >= 11 is 0. The molecule has 31 heavy (non-hydrogen) atoms. The number of carbonyl (C=O) groups is 1. The van der Waals surface area contributed by atoms with Gasteiger partial charge in [0, 0.05) is 32.3 Å². The normalized spacial score (nSPS) is 14.4. The second-order valence-corrected chi connectivity index (χ2v) is 7.22. The third-order valence-electron chi connectivity index (χ3n) is 5.20. The van der Waals surface area contributed by atoms with E-state index in [9.17, 15) is 9.90 Å². The highest BCUT2D eigenvalue weighted by atomic mass is 16.5. The van der Waals surface area contributed by atoms with E-state index in [1.807, 2.05) is 12.1 Å². The summed E-state index contributed by atoms with van der Waals surface area (Å²) in [6.07, 6.45) is 1.07. The molecule has 1 aliphatic rings. The Balaban J connectivity index is 1.58. The van der Waals surface area contributed by atoms with Crippen LogP contribution in [0.15, 0.2) is 24.4 Å². The third-order valence-corrected chi connectivity index (χ3v) is 5.20. The van der Waals surface area contributed by atoms with E-state index in [1.165, 1.54) is 13.3 Å². The summed E-state index contributed by atoms with van der Waals surface area (Å²) in [5, 5.41) is 17.1. The minimum absolute atomic E-state index is 0.0695. The van der Waals surface area contributed by atoms with Gasteiger partial charge in [0.25, 0.3) is 0 Å². The largest absolute Gasteiger partial charge is 0.496 e. The second-order valence-electron chi connectivity index (χ2n) is 7.22. The van der Waals surface area contributed by atoms with Crippen LogP contribution in [0.5, 0.6) is 11.6 Å². The highest BCUT2D eigenvalue weighted by Gasteiger charge is 2.26. The maximum absolute atomic E-state index is 11.4. The van der Waals surface area contributed by atoms with E-state index in [-0.39, 0.29) is 11.8 Å². The number of carbonyl (C=O) groups excluding carboxylic acids is 1. The lowest BCUT2D eigenvalue weighted by Gasteiger charge is -2.38. The molecule has 0 bridgehead atoms. The topological polar surface area (TPSA) is 124 Å². The summed E-state index contributed by atoms with van der Waals surface area (Å²) < 4.78 is 17.0. The predicted molar refractivity (Wildman–Crippen MR) is 111 cm³/mol. The molecule has 0 unspecified atom stereocenters. The van der Waals surface area contributed by atoms with Crippen molar-refractivity contribution in [2.45, 2.75) is 19.2 Å². The van der Waals surface area contributed by atoms with E-state index in [2.05, 4.69) is 36.1 Å². The molecular weight excluding hydrogens is 404 g/mol. The van der Waals surface area contributed by atoms with Gasteiger partial charge in [0.05, 0.1) is 33.1 Å². The molecule has 1 fully saturated rings. The standard InChI is InChI=1S/C20H24N6O5/c1-29-14-10-25(11-14)8-12-4-5-16(30-2)13(6-12)9-26-17-15(7-21-26)22-19(23-18(17)27)24-20(28)31-3/h4-7,14H,8-11H2,1-3H3,(H2,22,23,24,27,28). The van der Waals surface area contributed by atoms with E-state index in [0.29, 0.717) is 23.7 Å². The summed E-state index contributed by atoms with van der Waals surface area (Å²) in [5.74, 6) is 0.352. The van der Waals surface area contributed by atoms with Crippen LogP contribution in [0.2, 0.25) is 0 Å². The Morgan fingerprint density at radius 3 is 2.74 bits per heavy atom. The molecule has 2 N–H and O–H groups in total. The van der Waals surface area contributed by atoms with Crippen molar-refractivity contribution in [3.63, 3.8) is 0 Å². The lowest BCUT2D eigenvalue weighted by atomic mass is 10.1. The minimum atomic E-state index is -0.730. The van der Waals surface area contributed by atoms with E-state index < -0.39 is 6.09 Å². The van der Waals surface area contributed by atoms with Crippen LogP contribution in [0, 0.1) is 0 Å². The van der Waals surface area contributed by atoms with Gasteiger partial charge in [-0.25, -0.2) is 9.78 Å². The molecule has 11 nitrogen and oxygen atoms in total. The number of aromatic hydroxyl groups is 1. The molecule has 1 amide bonds. The zero-order valence-corrected chi connectivity index (χ0v) is 17.5. The molecule has 2 aromatic heterocycles. The Morgan fingerprint density at radius 1 is 1.23 bits per heavy atom. The second kappa shape index (κ2) is 8.74. The average Bonchev–Trinajstić information content (AvgIpc) is 3.13. The average molecular weight is 428 g/mol. The van der Waals surface area contributed by atoms with Crippen molar-refractivity contribution in [3.05, 3.63) is 35.5 Å². The van der Waals surface area contributed by atoms with Gasteiger partial charge in [-0.2, -0.15) is 10.1 Å². The van der Waals surface area contributed by atoms with E-state index >= 15 is 0 Å². The number of likely N-dealkylation sites (tertiary alicyclic amines) is 1. The molecule has 1 saturated heterocycles. The van der Waals surface area contributed by atoms with Crippen LogP contribution in [-0.4, -0.2) is 76.4 Å². The smallest absolute Gasteiger partial charge is 0.413 e. The van der Waals surface area contributed by atoms with Crippen LogP contribution in [0.25, 0.3) is 11.0 Å². The first-order chi connectivity index (χ1) is 15.0. The molecule has 11 heteroatoms. The highest BCUT2D eigenvalue weighted by molar-refractivity contribution is 5.86. The molecule has 3 heterocycles. The molecule has 1 aliphatic heterocycles. The molecule has 0 radical (unpaired) electrons. The molecule has 3 aromatic rings. The van der Waals surface area contributed by atoms with Gasteiger partial charge in [0.2, 0.25) is 11.8 Å². The number of nitrogens with zero attached hydrogens (tertiary/aromatic N) is 5. The van der Waals surface area contributed by atoms with Crippen LogP contribution in [0.4, 0.5) is 10.7 Å². The van der Waals surface area contributed by atoms with Gasteiger partial charge < -0.3 is 19.3 Å². The number of nitrogens with one attached hydrogen (secondary N) is 1. The molecule has 164 valence electrons. The van der Waals surface area contributed by atoms with E-state index in [4.69, 9.17) is 9.47 Å². The number of hydrogen-bond acceptors (Lipinski definition) is 9. The zero-order valence-electron chi connectivity index (χ0n) is 17.5. The summed E-state index contributed by atoms with van der Waals surface area (Å²) in [7, 11) is 4.57. The first-order valence-electron chi connectivity index (χ1n) is 9.69. The van der Waals surface area contributed by atoms with Crippen molar-refractivity contribution in [2.75, 3.05) is 39.7 Å². The van der Waals surface area contributed by atoms with Crippen molar-refractivity contribution < 1.29 is 24.1 Å². The fourth-order valence-corrected chi connectivity index (χ4v) is 3.57. The predicted octanol–water partition coefficient (Wildman–Crippen LogP) is 1.60. The van der Waals surface area contributed by atoms with Crippen molar-refractivity contribution >= 4 is 23.1 Å². The number of benzene rings is 1. The number of hydrogen-bond donors (Lipinski definition) is 2. The Bertz CT molecular complexity index is 1100. The van der Waals surface area contributed by atoms with Crippen LogP contribution in [0.1, 0.15) is 11.1 Å². The number of anilines is 1. The van der Waals surface area contributed by atoms with Gasteiger partial charge in [0.1, 0.15) is 16.8 Å². The van der Waals surface area contributed by atoms with Crippen LogP contribution < -0.4 is 10.1 Å². The molecule has 0 spiro atoms. The van der Waals surface area contributed by atoms with Gasteiger partial charge in [-0.1, -0.05) is 6.07 Å². The number of fused-ring (bicyclic) bond motifs is 1. The first-order valence-corrected chi connectivity index (χ1v) is 9.69. The van der Waals surface area contributed by atoms with Gasteiger partial charge in [-0.3, -0.25) is 14.9 Å². The first kappa shape index (κ1) is 20.8. The minimum Gasteiger partial charge on any atom is -0.496 e. The van der Waals surface area contributed by atoms with E-state index in [1.54, 1.807) is 18.9 Å². The summed E-state index contributed by atoms with van der Waals surface area (Å²) in [6.45, 7) is 2.99. The van der Waals surface area contributed by atoms with E-state index in [0.717, 1.165) is 36.5 Å². The van der Waals surface area contributed by atoms with Crippen molar-refractivity contribution in [2.24, 2.45) is 0 Å². The maximum Gasteiger partial charge on any atom is 0.413 e. The zero-order chi connectivity index (χ0) is 22.0. The molecular formula is C20H24N6O5. The van der Waals surface area contributed by atoms with Gasteiger partial charge in [-0.05, 0) is 17.7 Å². The van der Waals surface area contributed by atoms with Crippen LogP contribution in [-0.2, 0) is 22.6 Å². The number of aromatic nitrogens is 4. The molecule has 4 rings (SSSR count). The van der Waals surface area contributed by atoms with Crippen LogP contribution >= 0.6 is 0 Å². The van der Waals surface area contributed by atoms with Gasteiger partial charge in [0.15, 0.2) is 0 Å². The molecule has 0 aliphatic carbocycles. The fourth-order valence-electron chi connectivity index (χ4n) is 3.57. The number of amides is 1. The Labute approximate surface area is 178 Å². The van der Waals surface area contributed by atoms with Crippen molar-refractivity contribution in [1.29, 1.82) is 0 Å². The SMILES string of the molecule is COC(=O)Nc1nc(O)c2c(cnn2Cc2cc(CN3CC(OC)C3)ccc2OC)n1. The molecule has 0 saturated carbocycles. The van der Waals surface area contributed by atoms with Gasteiger partial charge >= 0.3 is 6.09 Å². The summed E-state index contributed by atoms with van der Waals surface area (Å²) in [5.41, 5.74) is 2.80. The van der Waals surface area contributed by atoms with Gasteiger partial charge in [-0.15, -0.1) is 0 Å². The number of rotatable bonds is 7. The fraction of sp³-hybridized carbons (Fsp3) is 0.400.